The molecule has 2 atom stereocenters. The lowest BCUT2D eigenvalue weighted by molar-refractivity contribution is -0.143. The highest BCUT2D eigenvalue weighted by atomic mass is 16.5. The second kappa shape index (κ2) is 60.9. The molecule has 6 nitrogen and oxygen atoms in total. The maximum absolute atomic E-state index is 12.5. The number of aliphatic hydroxyl groups excluding tert-OH is 2. The van der Waals surface area contributed by atoms with Crippen LogP contribution in [0.1, 0.15) is 354 Å². The lowest BCUT2D eigenvalue weighted by atomic mass is 10.0. The van der Waals surface area contributed by atoms with Crippen LogP contribution in [-0.2, 0) is 14.3 Å². The Kier molecular flexibility index (Phi) is 59.5. The van der Waals surface area contributed by atoms with E-state index in [4.69, 9.17) is 4.74 Å². The SMILES string of the molecule is CCCC/C=C\CCCCCCCC(=O)OCCCCCCCCCCCCCC/C=C\CCCCCCCCCCCCCC(=O)NC(CO)C(O)CCCCCCCCCCCCCCCCCC. The fourth-order valence-corrected chi connectivity index (χ4v) is 10.0. The first kappa shape index (κ1) is 69.3. The van der Waals surface area contributed by atoms with E-state index in [1.807, 2.05) is 0 Å². The first-order chi connectivity index (χ1) is 35.0. The number of esters is 1. The van der Waals surface area contributed by atoms with Crippen molar-refractivity contribution in [1.29, 1.82) is 0 Å². The molecule has 1 amide bonds. The van der Waals surface area contributed by atoms with Gasteiger partial charge in [0.1, 0.15) is 0 Å². The largest absolute Gasteiger partial charge is 0.466 e. The first-order valence-corrected chi connectivity index (χ1v) is 32.1. The molecule has 0 rings (SSSR count). The number of allylic oxidation sites excluding steroid dienone is 4. The molecule has 0 aromatic heterocycles. The summed E-state index contributed by atoms with van der Waals surface area (Å²) in [5, 5.41) is 23.3. The third-order valence-electron chi connectivity index (χ3n) is 15.0. The summed E-state index contributed by atoms with van der Waals surface area (Å²) in [5.74, 6) is -0.0290. The molecule has 0 bridgehead atoms. The molecule has 0 saturated carbocycles. The predicted octanol–water partition coefficient (Wildman–Crippen LogP) is 20.2. The van der Waals surface area contributed by atoms with Crippen molar-refractivity contribution in [3.63, 3.8) is 0 Å². The Balaban J connectivity index is 3.39. The molecule has 6 heteroatoms. The number of rotatable bonds is 60. The number of hydrogen-bond donors (Lipinski definition) is 3. The Morgan fingerprint density at radius 2 is 0.676 bits per heavy atom. The molecule has 420 valence electrons. The van der Waals surface area contributed by atoms with Gasteiger partial charge in [-0.05, 0) is 70.6 Å². The molecule has 0 radical (unpaired) electrons. The number of carbonyl (C=O) groups excluding carboxylic acids is 2. The van der Waals surface area contributed by atoms with E-state index in [0.29, 0.717) is 25.9 Å². The quantitative estimate of drug-likeness (QED) is 0.0320. The summed E-state index contributed by atoms with van der Waals surface area (Å²) < 4.78 is 5.46. The van der Waals surface area contributed by atoms with Gasteiger partial charge in [0.2, 0.25) is 5.91 Å². The molecule has 0 saturated heterocycles. The Labute approximate surface area is 443 Å². The zero-order chi connectivity index (χ0) is 51.4. The zero-order valence-electron chi connectivity index (χ0n) is 48.0. The second-order valence-corrected chi connectivity index (χ2v) is 22.1. The van der Waals surface area contributed by atoms with E-state index in [1.54, 1.807) is 0 Å². The maximum atomic E-state index is 12.5. The monoisotopic (exact) mass is 1000 g/mol. The Morgan fingerprint density at radius 1 is 0.380 bits per heavy atom. The normalized spacial score (nSPS) is 12.7. The van der Waals surface area contributed by atoms with Crippen molar-refractivity contribution in [1.82, 2.24) is 5.32 Å². The number of amides is 1. The third-order valence-corrected chi connectivity index (χ3v) is 15.0. The summed E-state index contributed by atoms with van der Waals surface area (Å²) in [4.78, 5) is 24.5. The molecular formula is C65H125NO5. The van der Waals surface area contributed by atoms with Crippen molar-refractivity contribution in [3.05, 3.63) is 24.3 Å². The van der Waals surface area contributed by atoms with E-state index in [1.165, 1.54) is 276 Å². The summed E-state index contributed by atoms with van der Waals surface area (Å²) in [7, 11) is 0. The number of aliphatic hydroxyl groups is 2. The van der Waals surface area contributed by atoms with Crippen LogP contribution >= 0.6 is 0 Å². The van der Waals surface area contributed by atoms with Gasteiger partial charge >= 0.3 is 5.97 Å². The molecule has 0 aliphatic heterocycles. The number of unbranched alkanes of at least 4 members (excludes halogenated alkanes) is 45. The molecular weight excluding hydrogens is 875 g/mol. The minimum Gasteiger partial charge on any atom is -0.466 e. The van der Waals surface area contributed by atoms with Gasteiger partial charge in [-0.2, -0.15) is 0 Å². The summed E-state index contributed by atoms with van der Waals surface area (Å²) in [6.07, 6.45) is 74.9. The van der Waals surface area contributed by atoms with Crippen molar-refractivity contribution in [2.45, 2.75) is 366 Å². The summed E-state index contributed by atoms with van der Waals surface area (Å²) in [5.41, 5.74) is 0. The highest BCUT2D eigenvalue weighted by Gasteiger charge is 2.20. The zero-order valence-corrected chi connectivity index (χ0v) is 48.0. The molecule has 0 aromatic rings. The molecule has 0 aliphatic rings. The number of ether oxygens (including phenoxy) is 1. The number of nitrogens with one attached hydrogen (secondary N) is 1. The highest BCUT2D eigenvalue weighted by molar-refractivity contribution is 5.76. The van der Waals surface area contributed by atoms with Crippen LogP contribution in [0.3, 0.4) is 0 Å². The Bertz CT molecular complexity index is 1110. The summed E-state index contributed by atoms with van der Waals surface area (Å²) in [6.45, 7) is 4.94. The van der Waals surface area contributed by atoms with Crippen molar-refractivity contribution in [3.8, 4) is 0 Å². The van der Waals surface area contributed by atoms with Crippen LogP contribution in [0.4, 0.5) is 0 Å². The van der Waals surface area contributed by atoms with Crippen LogP contribution in [0.25, 0.3) is 0 Å². The van der Waals surface area contributed by atoms with Gasteiger partial charge in [-0.15, -0.1) is 0 Å². The Morgan fingerprint density at radius 3 is 1.04 bits per heavy atom. The van der Waals surface area contributed by atoms with Gasteiger partial charge in [0, 0.05) is 12.8 Å². The van der Waals surface area contributed by atoms with Crippen LogP contribution in [0.2, 0.25) is 0 Å². The van der Waals surface area contributed by atoms with Gasteiger partial charge in [0.15, 0.2) is 0 Å². The van der Waals surface area contributed by atoms with E-state index in [-0.39, 0.29) is 18.5 Å². The van der Waals surface area contributed by atoms with Crippen molar-refractivity contribution < 1.29 is 24.5 Å². The molecule has 3 N–H and O–H groups in total. The number of carbonyl (C=O) groups is 2. The fraction of sp³-hybridized carbons (Fsp3) is 0.908. The highest BCUT2D eigenvalue weighted by Crippen LogP contribution is 2.18. The van der Waals surface area contributed by atoms with Gasteiger partial charge in [-0.3, -0.25) is 9.59 Å². The van der Waals surface area contributed by atoms with E-state index in [9.17, 15) is 19.8 Å². The lowest BCUT2D eigenvalue weighted by Gasteiger charge is -2.22. The van der Waals surface area contributed by atoms with Gasteiger partial charge in [-0.1, -0.05) is 295 Å². The Hall–Kier alpha value is -1.66. The average Bonchev–Trinajstić information content (AvgIpc) is 3.37. The fourth-order valence-electron chi connectivity index (χ4n) is 10.0. The van der Waals surface area contributed by atoms with E-state index in [0.717, 1.165) is 44.9 Å². The van der Waals surface area contributed by atoms with Crippen LogP contribution < -0.4 is 5.32 Å². The average molecular weight is 1000 g/mol. The van der Waals surface area contributed by atoms with E-state index >= 15 is 0 Å². The van der Waals surface area contributed by atoms with Crippen LogP contribution in [-0.4, -0.2) is 47.4 Å². The van der Waals surface area contributed by atoms with Crippen LogP contribution in [0, 0.1) is 0 Å². The third kappa shape index (κ3) is 57.5. The maximum Gasteiger partial charge on any atom is 0.305 e. The summed E-state index contributed by atoms with van der Waals surface area (Å²) >= 11 is 0. The minimum atomic E-state index is -0.664. The van der Waals surface area contributed by atoms with E-state index < -0.39 is 12.1 Å². The van der Waals surface area contributed by atoms with Gasteiger partial charge < -0.3 is 20.3 Å². The number of hydrogen-bond acceptors (Lipinski definition) is 5. The van der Waals surface area contributed by atoms with Gasteiger partial charge in [-0.25, -0.2) is 0 Å². The predicted molar refractivity (Wildman–Crippen MR) is 310 cm³/mol. The smallest absolute Gasteiger partial charge is 0.305 e. The van der Waals surface area contributed by atoms with Crippen molar-refractivity contribution in [2.75, 3.05) is 13.2 Å². The van der Waals surface area contributed by atoms with Crippen LogP contribution in [0.15, 0.2) is 24.3 Å². The van der Waals surface area contributed by atoms with Gasteiger partial charge in [0.25, 0.3) is 0 Å². The molecule has 0 fully saturated rings. The first-order valence-electron chi connectivity index (χ1n) is 32.1. The minimum absolute atomic E-state index is 0.00428. The van der Waals surface area contributed by atoms with Crippen molar-refractivity contribution in [2.24, 2.45) is 0 Å². The lowest BCUT2D eigenvalue weighted by Crippen LogP contribution is -2.45. The van der Waals surface area contributed by atoms with Crippen LogP contribution in [0.5, 0.6) is 0 Å². The molecule has 0 spiro atoms. The molecule has 2 unspecified atom stereocenters. The topological polar surface area (TPSA) is 95.9 Å². The molecule has 0 heterocycles. The van der Waals surface area contributed by atoms with E-state index in [2.05, 4.69) is 43.5 Å². The molecule has 0 aromatic carbocycles. The summed E-state index contributed by atoms with van der Waals surface area (Å²) in [6, 6.07) is -0.542. The van der Waals surface area contributed by atoms with Crippen molar-refractivity contribution >= 4 is 11.9 Å². The second-order valence-electron chi connectivity index (χ2n) is 22.1. The molecule has 0 aliphatic carbocycles. The standard InChI is InChI=1S/C65H125NO5/c1-3-5-7-9-11-13-15-16-17-31-34-38-41-45-49-53-57-63(68)62(61-67)66-64(69)58-54-50-46-42-39-35-32-29-27-25-23-21-19-18-20-22-24-26-28-30-33-36-40-44-48-52-56-60-71-65(70)59-55-51-47-43-37-14-12-10-8-6-4-2/h10,12,18-19,62-63,67-68H,3-9,11,13-17,20-61H2,1-2H3,(H,66,69)/b12-10-,19-18-. The van der Waals surface area contributed by atoms with Gasteiger partial charge in [0.05, 0.1) is 25.4 Å². The molecule has 71 heavy (non-hydrogen) atoms.